The van der Waals surface area contributed by atoms with E-state index in [1.54, 1.807) is 4.90 Å². The highest BCUT2D eigenvalue weighted by Gasteiger charge is 2.35. The first-order chi connectivity index (χ1) is 13.7. The van der Waals surface area contributed by atoms with Crippen molar-refractivity contribution < 1.29 is 19.1 Å². The molecular formula is C22H39N3O4. The minimum absolute atomic E-state index is 0.0657. The fourth-order valence-electron chi connectivity index (χ4n) is 4.15. The quantitative estimate of drug-likeness (QED) is 0.680. The number of carbonyl (C=O) groups is 3. The first-order valence-corrected chi connectivity index (χ1v) is 11.2. The molecule has 2 rings (SSSR count). The molecule has 2 fully saturated rings. The molecule has 0 spiro atoms. The Hall–Kier alpha value is -1.79. The van der Waals surface area contributed by atoms with Crippen molar-refractivity contribution in [3.8, 4) is 0 Å². The summed E-state index contributed by atoms with van der Waals surface area (Å²) in [6, 6.07) is 0. The molecule has 0 aromatic heterocycles. The number of hydrogen-bond donors (Lipinski definition) is 2. The zero-order chi connectivity index (χ0) is 21.3. The largest absolute Gasteiger partial charge is 0.444 e. The van der Waals surface area contributed by atoms with Gasteiger partial charge >= 0.3 is 6.09 Å². The van der Waals surface area contributed by atoms with E-state index in [1.807, 2.05) is 20.8 Å². The van der Waals surface area contributed by atoms with Crippen LogP contribution in [0.25, 0.3) is 0 Å². The second-order valence-corrected chi connectivity index (χ2v) is 9.58. The number of ether oxygens (including phenoxy) is 1. The topological polar surface area (TPSA) is 87.7 Å². The molecule has 1 saturated heterocycles. The van der Waals surface area contributed by atoms with E-state index in [-0.39, 0.29) is 18.4 Å². The monoisotopic (exact) mass is 409 g/mol. The van der Waals surface area contributed by atoms with Crippen molar-refractivity contribution in [1.29, 1.82) is 0 Å². The minimum Gasteiger partial charge on any atom is -0.444 e. The highest BCUT2D eigenvalue weighted by atomic mass is 16.6. The number of amides is 3. The summed E-state index contributed by atoms with van der Waals surface area (Å²) in [6.07, 6.45) is 10.0. The molecule has 166 valence electrons. The first kappa shape index (κ1) is 23.5. The lowest BCUT2D eigenvalue weighted by Gasteiger charge is -2.35. The van der Waals surface area contributed by atoms with Crippen LogP contribution in [0.5, 0.6) is 0 Å². The fourth-order valence-corrected chi connectivity index (χ4v) is 4.15. The van der Waals surface area contributed by atoms with Gasteiger partial charge in [0.25, 0.3) is 0 Å². The van der Waals surface area contributed by atoms with Crippen molar-refractivity contribution in [2.24, 2.45) is 0 Å². The average molecular weight is 410 g/mol. The number of carbonyl (C=O) groups excluding carboxylic acids is 3. The Labute approximate surface area is 175 Å². The molecule has 0 aromatic rings. The van der Waals surface area contributed by atoms with Gasteiger partial charge in [-0.2, -0.15) is 0 Å². The van der Waals surface area contributed by atoms with Crippen molar-refractivity contribution in [1.82, 2.24) is 15.5 Å². The van der Waals surface area contributed by atoms with Crippen LogP contribution in [0.1, 0.15) is 91.4 Å². The third kappa shape index (κ3) is 8.62. The molecule has 1 saturated carbocycles. The summed E-state index contributed by atoms with van der Waals surface area (Å²) in [4.78, 5) is 39.0. The van der Waals surface area contributed by atoms with E-state index in [0.29, 0.717) is 19.5 Å². The molecule has 2 N–H and O–H groups in total. The van der Waals surface area contributed by atoms with Gasteiger partial charge in [0.2, 0.25) is 11.8 Å². The SMILES string of the molecule is CC(C)(C)OC(=O)NC1(CNC(=O)CN2CCCCCCC2=O)CCCCCC1. The minimum atomic E-state index is -0.564. The van der Waals surface area contributed by atoms with Crippen LogP contribution in [-0.4, -0.2) is 53.6 Å². The number of rotatable bonds is 5. The molecule has 0 bridgehead atoms. The molecule has 1 aliphatic carbocycles. The molecule has 1 heterocycles. The molecule has 29 heavy (non-hydrogen) atoms. The van der Waals surface area contributed by atoms with Crippen molar-refractivity contribution >= 4 is 17.9 Å². The molecule has 1 aliphatic heterocycles. The molecule has 7 nitrogen and oxygen atoms in total. The third-order valence-corrected chi connectivity index (χ3v) is 5.71. The summed E-state index contributed by atoms with van der Waals surface area (Å²) < 4.78 is 5.46. The van der Waals surface area contributed by atoms with E-state index < -0.39 is 17.2 Å². The fraction of sp³-hybridized carbons (Fsp3) is 0.864. The predicted octanol–water partition coefficient (Wildman–Crippen LogP) is 3.51. The van der Waals surface area contributed by atoms with Crippen LogP contribution in [0.4, 0.5) is 4.79 Å². The van der Waals surface area contributed by atoms with Gasteiger partial charge in [0, 0.05) is 19.5 Å². The Balaban J connectivity index is 1.94. The molecular weight excluding hydrogens is 370 g/mol. The smallest absolute Gasteiger partial charge is 0.408 e. The van der Waals surface area contributed by atoms with Gasteiger partial charge in [-0.05, 0) is 46.5 Å². The Morgan fingerprint density at radius 3 is 2.28 bits per heavy atom. The lowest BCUT2D eigenvalue weighted by Crippen LogP contribution is -2.57. The van der Waals surface area contributed by atoms with Gasteiger partial charge in [-0.3, -0.25) is 9.59 Å². The van der Waals surface area contributed by atoms with Gasteiger partial charge in [-0.15, -0.1) is 0 Å². The van der Waals surface area contributed by atoms with Crippen LogP contribution in [0.3, 0.4) is 0 Å². The summed E-state index contributed by atoms with van der Waals surface area (Å²) in [5.41, 5.74) is -1.06. The zero-order valence-corrected chi connectivity index (χ0v) is 18.5. The second kappa shape index (κ2) is 10.8. The molecule has 0 aromatic carbocycles. The van der Waals surface area contributed by atoms with Gasteiger partial charge in [-0.25, -0.2) is 4.79 Å². The first-order valence-electron chi connectivity index (χ1n) is 11.2. The molecule has 0 atom stereocenters. The third-order valence-electron chi connectivity index (χ3n) is 5.71. The van der Waals surface area contributed by atoms with Crippen molar-refractivity contribution in [3.63, 3.8) is 0 Å². The maximum absolute atomic E-state index is 12.6. The van der Waals surface area contributed by atoms with Gasteiger partial charge < -0.3 is 20.3 Å². The summed E-state index contributed by atoms with van der Waals surface area (Å²) in [6.45, 7) is 6.64. The molecule has 7 heteroatoms. The van der Waals surface area contributed by atoms with E-state index in [2.05, 4.69) is 10.6 Å². The Morgan fingerprint density at radius 2 is 1.62 bits per heavy atom. The van der Waals surface area contributed by atoms with E-state index in [1.165, 1.54) is 0 Å². The second-order valence-electron chi connectivity index (χ2n) is 9.58. The van der Waals surface area contributed by atoms with Crippen molar-refractivity contribution in [3.05, 3.63) is 0 Å². The predicted molar refractivity (Wildman–Crippen MR) is 112 cm³/mol. The number of likely N-dealkylation sites (tertiary alicyclic amines) is 1. The van der Waals surface area contributed by atoms with Gasteiger partial charge in [-0.1, -0.05) is 38.5 Å². The van der Waals surface area contributed by atoms with Crippen molar-refractivity contribution in [2.45, 2.75) is 103 Å². The van der Waals surface area contributed by atoms with E-state index in [4.69, 9.17) is 4.74 Å². The van der Waals surface area contributed by atoms with Crippen LogP contribution in [0.15, 0.2) is 0 Å². The molecule has 0 radical (unpaired) electrons. The molecule has 2 aliphatic rings. The van der Waals surface area contributed by atoms with Crippen molar-refractivity contribution in [2.75, 3.05) is 19.6 Å². The number of hydrogen-bond acceptors (Lipinski definition) is 4. The summed E-state index contributed by atoms with van der Waals surface area (Å²) in [5, 5.41) is 6.05. The van der Waals surface area contributed by atoms with Crippen LogP contribution in [0.2, 0.25) is 0 Å². The lowest BCUT2D eigenvalue weighted by atomic mass is 9.90. The molecule has 0 unspecified atom stereocenters. The summed E-state index contributed by atoms with van der Waals surface area (Å²) in [5.74, 6) is -0.0931. The average Bonchev–Trinajstić information content (AvgIpc) is 2.84. The Kier molecular flexibility index (Phi) is 8.78. The van der Waals surface area contributed by atoms with Crippen LogP contribution >= 0.6 is 0 Å². The standard InChI is InChI=1S/C22H39N3O4/c1-21(2,3)29-20(28)24-22(13-9-5-6-10-14-22)17-23-18(26)16-25-15-11-7-4-8-12-19(25)27/h4-17H2,1-3H3,(H,23,26)(H,24,28). The number of alkyl carbamates (subject to hydrolysis) is 1. The van der Waals surface area contributed by atoms with Gasteiger partial charge in [0.1, 0.15) is 5.60 Å². The normalized spacial score (nSPS) is 20.8. The van der Waals surface area contributed by atoms with Crippen LogP contribution < -0.4 is 10.6 Å². The highest BCUT2D eigenvalue weighted by Crippen LogP contribution is 2.27. The van der Waals surface area contributed by atoms with Gasteiger partial charge in [0.05, 0.1) is 12.1 Å². The zero-order valence-electron chi connectivity index (χ0n) is 18.5. The number of nitrogens with one attached hydrogen (secondary N) is 2. The van der Waals surface area contributed by atoms with Crippen LogP contribution in [0, 0.1) is 0 Å². The maximum atomic E-state index is 12.6. The Bertz CT molecular complexity index is 563. The maximum Gasteiger partial charge on any atom is 0.408 e. The summed E-state index contributed by atoms with van der Waals surface area (Å²) >= 11 is 0. The van der Waals surface area contributed by atoms with E-state index in [0.717, 1.165) is 64.2 Å². The highest BCUT2D eigenvalue weighted by molar-refractivity contribution is 5.85. The molecule has 3 amide bonds. The van der Waals surface area contributed by atoms with E-state index >= 15 is 0 Å². The van der Waals surface area contributed by atoms with E-state index in [9.17, 15) is 14.4 Å². The Morgan fingerprint density at radius 1 is 1.00 bits per heavy atom. The van der Waals surface area contributed by atoms with Gasteiger partial charge in [0.15, 0.2) is 0 Å². The lowest BCUT2D eigenvalue weighted by molar-refractivity contribution is -0.136. The summed E-state index contributed by atoms with van der Waals surface area (Å²) in [7, 11) is 0. The number of nitrogens with zero attached hydrogens (tertiary/aromatic N) is 1. The van der Waals surface area contributed by atoms with Crippen LogP contribution in [-0.2, 0) is 14.3 Å².